The molecule has 1 N–H and O–H groups in total. The number of rotatable bonds is 3. The highest BCUT2D eigenvalue weighted by molar-refractivity contribution is 5.86. The van der Waals surface area contributed by atoms with Crippen molar-refractivity contribution in [3.63, 3.8) is 0 Å². The van der Waals surface area contributed by atoms with Gasteiger partial charge in [0.15, 0.2) is 5.58 Å². The van der Waals surface area contributed by atoms with Crippen LogP contribution in [0, 0.1) is 6.92 Å². The minimum absolute atomic E-state index is 0.259. The second-order valence-corrected chi connectivity index (χ2v) is 5.80. The van der Waals surface area contributed by atoms with E-state index in [2.05, 4.69) is 9.98 Å². The highest BCUT2D eigenvalue weighted by Gasteiger charge is 2.07. The van der Waals surface area contributed by atoms with Crippen LogP contribution in [0.1, 0.15) is 11.1 Å². The maximum atomic E-state index is 10.0. The van der Waals surface area contributed by atoms with E-state index in [1.54, 1.807) is 6.21 Å². The lowest BCUT2D eigenvalue weighted by Gasteiger charge is -2.02. The van der Waals surface area contributed by atoms with E-state index in [-0.39, 0.29) is 5.75 Å². The first kappa shape index (κ1) is 15.1. The lowest BCUT2D eigenvalue weighted by molar-refractivity contribution is 0.470. The summed E-state index contributed by atoms with van der Waals surface area (Å²) in [5, 5.41) is 10.0. The van der Waals surface area contributed by atoms with Crippen LogP contribution in [0.2, 0.25) is 0 Å². The van der Waals surface area contributed by atoms with E-state index in [9.17, 15) is 5.11 Å². The van der Waals surface area contributed by atoms with E-state index in [0.717, 1.165) is 27.9 Å². The summed E-state index contributed by atoms with van der Waals surface area (Å²) in [6.07, 6.45) is 1.66. The van der Waals surface area contributed by atoms with Crippen molar-refractivity contribution >= 4 is 23.0 Å². The first-order chi connectivity index (χ1) is 12.2. The average molecular weight is 328 g/mol. The minimum atomic E-state index is 0.259. The predicted octanol–water partition coefficient (Wildman–Crippen LogP) is 5.26. The first-order valence-electron chi connectivity index (χ1n) is 7.99. The lowest BCUT2D eigenvalue weighted by Crippen LogP contribution is -1.84. The van der Waals surface area contributed by atoms with Crippen LogP contribution in [0.4, 0.5) is 5.69 Å². The van der Waals surface area contributed by atoms with Crippen molar-refractivity contribution in [3.05, 3.63) is 77.9 Å². The maximum absolute atomic E-state index is 10.0. The number of aromatic nitrogens is 1. The number of aryl methyl sites for hydroxylation is 1. The molecule has 0 aliphatic rings. The molecule has 0 amide bonds. The van der Waals surface area contributed by atoms with Crippen molar-refractivity contribution in [1.29, 1.82) is 0 Å². The number of oxazole rings is 1. The molecule has 0 aliphatic carbocycles. The molecule has 25 heavy (non-hydrogen) atoms. The van der Waals surface area contributed by atoms with Crippen LogP contribution in [-0.4, -0.2) is 16.3 Å². The zero-order valence-electron chi connectivity index (χ0n) is 13.7. The summed E-state index contributed by atoms with van der Waals surface area (Å²) in [7, 11) is 0. The van der Waals surface area contributed by atoms with E-state index in [0.29, 0.717) is 11.5 Å². The Morgan fingerprint density at radius 2 is 1.76 bits per heavy atom. The van der Waals surface area contributed by atoms with Crippen molar-refractivity contribution < 1.29 is 9.52 Å². The van der Waals surface area contributed by atoms with Crippen LogP contribution in [0.3, 0.4) is 0 Å². The normalized spacial score (nSPS) is 11.4. The Labute approximate surface area is 145 Å². The van der Waals surface area contributed by atoms with Crippen molar-refractivity contribution in [2.24, 2.45) is 4.99 Å². The molecule has 0 unspecified atom stereocenters. The molecule has 4 rings (SSSR count). The third-order valence-electron chi connectivity index (χ3n) is 4.03. The fraction of sp³-hybridized carbons (Fsp3) is 0.0476. The molecule has 0 spiro atoms. The predicted molar refractivity (Wildman–Crippen MR) is 99.5 cm³/mol. The molecule has 0 saturated carbocycles. The van der Waals surface area contributed by atoms with Crippen LogP contribution >= 0.6 is 0 Å². The summed E-state index contributed by atoms with van der Waals surface area (Å²) in [5.41, 5.74) is 4.83. The molecule has 0 saturated heterocycles. The van der Waals surface area contributed by atoms with Gasteiger partial charge in [0, 0.05) is 17.3 Å². The van der Waals surface area contributed by atoms with Gasteiger partial charge in [0.05, 0.1) is 5.69 Å². The number of hydrogen-bond acceptors (Lipinski definition) is 4. The van der Waals surface area contributed by atoms with E-state index in [1.807, 2.05) is 73.7 Å². The van der Waals surface area contributed by atoms with Gasteiger partial charge in [-0.05, 0) is 55.0 Å². The van der Waals surface area contributed by atoms with Gasteiger partial charge in [-0.3, -0.25) is 4.99 Å². The van der Waals surface area contributed by atoms with Gasteiger partial charge < -0.3 is 9.52 Å². The highest BCUT2D eigenvalue weighted by Crippen LogP contribution is 2.26. The Bertz CT molecular complexity index is 1030. The summed E-state index contributed by atoms with van der Waals surface area (Å²) >= 11 is 0. The maximum Gasteiger partial charge on any atom is 0.227 e. The minimum Gasteiger partial charge on any atom is -0.507 e. The fourth-order valence-electron chi connectivity index (χ4n) is 2.62. The zero-order valence-corrected chi connectivity index (χ0v) is 13.7. The van der Waals surface area contributed by atoms with E-state index < -0.39 is 0 Å². The number of fused-ring (bicyclic) bond motifs is 1. The Balaban J connectivity index is 1.59. The Hall–Kier alpha value is -3.40. The second kappa shape index (κ2) is 6.24. The molecule has 122 valence electrons. The Kier molecular flexibility index (Phi) is 3.78. The van der Waals surface area contributed by atoms with Gasteiger partial charge in [0.25, 0.3) is 0 Å². The van der Waals surface area contributed by atoms with E-state index in [1.165, 1.54) is 0 Å². The topological polar surface area (TPSA) is 58.6 Å². The fourth-order valence-corrected chi connectivity index (χ4v) is 2.62. The van der Waals surface area contributed by atoms with Gasteiger partial charge in [-0.1, -0.05) is 24.3 Å². The number of nitrogens with zero attached hydrogens (tertiary/aromatic N) is 2. The lowest BCUT2D eigenvalue weighted by atomic mass is 10.1. The number of hydrogen-bond donors (Lipinski definition) is 1. The number of phenolic OH excluding ortho intramolecular Hbond substituents is 1. The second-order valence-electron chi connectivity index (χ2n) is 5.80. The number of para-hydroxylation sites is 3. The SMILES string of the molecule is Cc1cccc(/C=N/c2ccc(-c3nc4ccccc4o3)cc2)c1O. The molecule has 4 heteroatoms. The zero-order chi connectivity index (χ0) is 17.2. The van der Waals surface area contributed by atoms with Gasteiger partial charge in [-0.2, -0.15) is 0 Å². The van der Waals surface area contributed by atoms with Gasteiger partial charge >= 0.3 is 0 Å². The first-order valence-corrected chi connectivity index (χ1v) is 7.99. The van der Waals surface area contributed by atoms with Crippen molar-refractivity contribution in [2.45, 2.75) is 6.92 Å². The molecule has 4 nitrogen and oxygen atoms in total. The molecule has 0 aliphatic heterocycles. The van der Waals surface area contributed by atoms with Gasteiger partial charge in [0.1, 0.15) is 11.3 Å². The Morgan fingerprint density at radius 1 is 0.960 bits per heavy atom. The molecule has 1 heterocycles. The molecule has 0 fully saturated rings. The molecular weight excluding hydrogens is 312 g/mol. The molecule has 0 bridgehead atoms. The summed E-state index contributed by atoms with van der Waals surface area (Å²) in [5.74, 6) is 0.849. The summed E-state index contributed by atoms with van der Waals surface area (Å²) in [4.78, 5) is 8.91. The van der Waals surface area contributed by atoms with Crippen molar-refractivity contribution in [2.75, 3.05) is 0 Å². The summed E-state index contributed by atoms with van der Waals surface area (Å²) in [6, 6.07) is 20.9. The van der Waals surface area contributed by atoms with Crippen molar-refractivity contribution in [1.82, 2.24) is 4.98 Å². The van der Waals surface area contributed by atoms with Gasteiger partial charge in [-0.15, -0.1) is 0 Å². The van der Waals surface area contributed by atoms with Crippen molar-refractivity contribution in [3.8, 4) is 17.2 Å². The quantitative estimate of drug-likeness (QED) is 0.522. The van der Waals surface area contributed by atoms with Crippen LogP contribution in [-0.2, 0) is 0 Å². The summed E-state index contributed by atoms with van der Waals surface area (Å²) < 4.78 is 5.77. The van der Waals surface area contributed by atoms with Gasteiger partial charge in [-0.25, -0.2) is 4.98 Å². The van der Waals surface area contributed by atoms with E-state index in [4.69, 9.17) is 4.42 Å². The van der Waals surface area contributed by atoms with Crippen LogP contribution in [0.5, 0.6) is 5.75 Å². The molecule has 0 radical (unpaired) electrons. The number of aromatic hydroxyl groups is 1. The standard InChI is InChI=1S/C21H16N2O2/c1-14-5-4-6-16(20(14)24)13-22-17-11-9-15(10-12-17)21-23-18-7-2-3-8-19(18)25-21/h2-13,24H,1H3/b22-13+. The summed E-state index contributed by atoms with van der Waals surface area (Å²) in [6.45, 7) is 1.86. The Morgan fingerprint density at radius 3 is 2.56 bits per heavy atom. The highest BCUT2D eigenvalue weighted by atomic mass is 16.3. The van der Waals surface area contributed by atoms with Crippen LogP contribution < -0.4 is 0 Å². The van der Waals surface area contributed by atoms with Crippen LogP contribution in [0.15, 0.2) is 76.1 Å². The van der Waals surface area contributed by atoms with Crippen LogP contribution in [0.25, 0.3) is 22.6 Å². The molecular formula is C21H16N2O2. The molecule has 4 aromatic rings. The molecule has 1 aromatic heterocycles. The molecule has 3 aromatic carbocycles. The average Bonchev–Trinajstić information content (AvgIpc) is 3.07. The third-order valence-corrected chi connectivity index (χ3v) is 4.03. The van der Waals surface area contributed by atoms with Gasteiger partial charge in [0.2, 0.25) is 5.89 Å². The smallest absolute Gasteiger partial charge is 0.227 e. The third kappa shape index (κ3) is 3.02. The van der Waals surface area contributed by atoms with E-state index >= 15 is 0 Å². The monoisotopic (exact) mass is 328 g/mol. The molecule has 0 atom stereocenters. The number of benzene rings is 3. The largest absolute Gasteiger partial charge is 0.507 e. The number of aliphatic imine (C=N–C) groups is 1. The number of phenols is 1.